The maximum absolute atomic E-state index is 13.3. The molecule has 144 valence electrons. The van der Waals surface area contributed by atoms with Crippen LogP contribution in [-0.4, -0.2) is 36.6 Å². The van der Waals surface area contributed by atoms with E-state index in [1.54, 1.807) is 11.3 Å². The minimum Gasteiger partial charge on any atom is -0.392 e. The highest BCUT2D eigenvalue weighted by Crippen LogP contribution is 2.39. The topological polar surface area (TPSA) is 43.8 Å². The molecule has 1 unspecified atom stereocenters. The van der Waals surface area contributed by atoms with Gasteiger partial charge in [0.25, 0.3) is 5.91 Å². The molecule has 0 bridgehead atoms. The molecule has 1 aromatic heterocycles. The van der Waals surface area contributed by atoms with Crippen molar-refractivity contribution in [1.29, 1.82) is 0 Å². The van der Waals surface area contributed by atoms with Gasteiger partial charge in [-0.25, -0.2) is 0 Å². The van der Waals surface area contributed by atoms with E-state index in [1.165, 1.54) is 10.4 Å². The second-order valence-corrected chi connectivity index (χ2v) is 8.25. The lowest BCUT2D eigenvalue weighted by atomic mass is 9.94. The summed E-state index contributed by atoms with van der Waals surface area (Å²) in [5.41, 5.74) is 5.09. The predicted octanol–water partition coefficient (Wildman–Crippen LogP) is 4.09. The van der Waals surface area contributed by atoms with Gasteiger partial charge in [0.05, 0.1) is 12.6 Å². The quantitative estimate of drug-likeness (QED) is 0.727. The van der Waals surface area contributed by atoms with Gasteiger partial charge >= 0.3 is 0 Å². The van der Waals surface area contributed by atoms with Gasteiger partial charge in [0.15, 0.2) is 0 Å². The zero-order valence-corrected chi connectivity index (χ0v) is 16.9. The molecule has 0 saturated heterocycles. The summed E-state index contributed by atoms with van der Waals surface area (Å²) >= 11 is 1.72. The molecule has 1 N–H and O–H groups in total. The molecule has 0 radical (unpaired) electrons. The molecule has 3 aromatic rings. The molecule has 0 spiro atoms. The number of hydrogen-bond acceptors (Lipinski definition) is 4. The van der Waals surface area contributed by atoms with Crippen LogP contribution in [0.2, 0.25) is 0 Å². The van der Waals surface area contributed by atoms with Gasteiger partial charge in [-0.2, -0.15) is 0 Å². The van der Waals surface area contributed by atoms with E-state index in [2.05, 4.69) is 40.6 Å². The molecule has 28 heavy (non-hydrogen) atoms. The van der Waals surface area contributed by atoms with Crippen LogP contribution in [0.3, 0.4) is 0 Å². The number of benzene rings is 2. The third-order valence-corrected chi connectivity index (χ3v) is 6.34. The summed E-state index contributed by atoms with van der Waals surface area (Å²) in [6, 6.07) is 17.8. The first-order chi connectivity index (χ1) is 13.6. The molecule has 5 heteroatoms. The van der Waals surface area contributed by atoms with Gasteiger partial charge in [-0.3, -0.25) is 4.79 Å². The van der Waals surface area contributed by atoms with E-state index in [0.29, 0.717) is 12.1 Å². The Balaban J connectivity index is 1.71. The number of carbonyl (C=O) groups excluding carboxylic acids is 1. The molecule has 2 heterocycles. The van der Waals surface area contributed by atoms with E-state index in [-0.39, 0.29) is 18.6 Å². The van der Waals surface area contributed by atoms with Crippen molar-refractivity contribution in [3.05, 3.63) is 87.1 Å². The number of carbonyl (C=O) groups is 1. The zero-order chi connectivity index (χ0) is 19.7. The van der Waals surface area contributed by atoms with Crippen LogP contribution >= 0.6 is 11.3 Å². The zero-order valence-electron chi connectivity index (χ0n) is 16.1. The van der Waals surface area contributed by atoms with Gasteiger partial charge in [0.2, 0.25) is 0 Å². The van der Waals surface area contributed by atoms with Crippen molar-refractivity contribution in [2.75, 3.05) is 25.5 Å². The fourth-order valence-electron chi connectivity index (χ4n) is 3.73. The van der Waals surface area contributed by atoms with Gasteiger partial charge in [0.1, 0.15) is 0 Å². The molecule has 1 atom stereocenters. The molecule has 0 aliphatic carbocycles. The number of anilines is 1. The number of amides is 1. The Bertz CT molecular complexity index is 961. The molecular weight excluding hydrogens is 368 g/mol. The van der Waals surface area contributed by atoms with Crippen molar-refractivity contribution in [2.45, 2.75) is 19.1 Å². The number of rotatable bonds is 4. The van der Waals surface area contributed by atoms with Gasteiger partial charge in [0, 0.05) is 36.8 Å². The maximum Gasteiger partial charge on any atom is 0.254 e. The van der Waals surface area contributed by atoms with Crippen LogP contribution in [-0.2, 0) is 13.0 Å². The van der Waals surface area contributed by atoms with Crippen molar-refractivity contribution in [1.82, 2.24) is 4.90 Å². The summed E-state index contributed by atoms with van der Waals surface area (Å²) in [5.74, 6) is 0.0326. The van der Waals surface area contributed by atoms with E-state index >= 15 is 0 Å². The number of aliphatic hydroxyl groups excluding tert-OH is 1. The molecule has 2 aromatic carbocycles. The second-order valence-electron chi connectivity index (χ2n) is 7.30. The van der Waals surface area contributed by atoms with E-state index < -0.39 is 0 Å². The Labute approximate surface area is 169 Å². The standard InChI is InChI=1S/C23H24N2O2S/c1-24(2)20-9-7-17(8-10-20)21-22-18(12-14-28-22)11-13-25(21)23(27)19-5-3-16(15-26)4-6-19/h3-10,12,14,21,26H,11,13,15H2,1-2H3. The molecule has 4 nitrogen and oxygen atoms in total. The van der Waals surface area contributed by atoms with E-state index in [0.717, 1.165) is 23.2 Å². The Morgan fingerprint density at radius 2 is 1.82 bits per heavy atom. The summed E-state index contributed by atoms with van der Waals surface area (Å²) in [4.78, 5) is 18.7. The first kappa shape index (κ1) is 18.7. The number of aliphatic hydroxyl groups is 1. The van der Waals surface area contributed by atoms with Crippen molar-refractivity contribution >= 4 is 22.9 Å². The van der Waals surface area contributed by atoms with Crippen LogP contribution in [0.25, 0.3) is 0 Å². The average Bonchev–Trinajstić information content (AvgIpc) is 3.21. The van der Waals surface area contributed by atoms with Gasteiger partial charge in [-0.05, 0) is 58.8 Å². The minimum absolute atomic E-state index is 0.0163. The van der Waals surface area contributed by atoms with Crippen LogP contribution in [0.1, 0.15) is 38.0 Å². The maximum atomic E-state index is 13.3. The summed E-state index contributed by atoms with van der Waals surface area (Å²) < 4.78 is 0. The van der Waals surface area contributed by atoms with E-state index in [1.807, 2.05) is 43.3 Å². The second kappa shape index (κ2) is 7.78. The summed E-state index contributed by atoms with van der Waals surface area (Å²) in [6.07, 6.45) is 0.881. The monoisotopic (exact) mass is 392 g/mol. The summed E-state index contributed by atoms with van der Waals surface area (Å²) in [6.45, 7) is 0.683. The lowest BCUT2D eigenvalue weighted by Gasteiger charge is -2.36. The molecule has 1 aliphatic heterocycles. The first-order valence-electron chi connectivity index (χ1n) is 9.43. The third-order valence-electron chi connectivity index (χ3n) is 5.33. The Hall–Kier alpha value is -2.63. The van der Waals surface area contributed by atoms with Crippen molar-refractivity contribution in [3.8, 4) is 0 Å². The smallest absolute Gasteiger partial charge is 0.254 e. The van der Waals surface area contributed by atoms with Gasteiger partial charge in [-0.1, -0.05) is 24.3 Å². The predicted molar refractivity (Wildman–Crippen MR) is 114 cm³/mol. The summed E-state index contributed by atoms with van der Waals surface area (Å²) in [7, 11) is 4.05. The lowest BCUT2D eigenvalue weighted by molar-refractivity contribution is 0.0698. The van der Waals surface area contributed by atoms with E-state index in [4.69, 9.17) is 0 Å². The Morgan fingerprint density at radius 3 is 2.46 bits per heavy atom. The largest absolute Gasteiger partial charge is 0.392 e. The molecule has 0 saturated carbocycles. The fraction of sp³-hybridized carbons (Fsp3) is 0.261. The Morgan fingerprint density at radius 1 is 1.11 bits per heavy atom. The highest BCUT2D eigenvalue weighted by Gasteiger charge is 2.33. The molecule has 4 rings (SSSR count). The Kier molecular flexibility index (Phi) is 5.20. The van der Waals surface area contributed by atoms with E-state index in [9.17, 15) is 9.90 Å². The highest BCUT2D eigenvalue weighted by atomic mass is 32.1. The van der Waals surface area contributed by atoms with Crippen LogP contribution in [0.5, 0.6) is 0 Å². The lowest BCUT2D eigenvalue weighted by Crippen LogP contribution is -2.40. The number of thiophene rings is 1. The fourth-order valence-corrected chi connectivity index (χ4v) is 4.82. The van der Waals surface area contributed by atoms with Crippen LogP contribution in [0.15, 0.2) is 60.0 Å². The average molecular weight is 393 g/mol. The summed E-state index contributed by atoms with van der Waals surface area (Å²) in [5, 5.41) is 11.4. The number of fused-ring (bicyclic) bond motifs is 1. The van der Waals surface area contributed by atoms with Crippen LogP contribution in [0, 0.1) is 0 Å². The van der Waals surface area contributed by atoms with Crippen LogP contribution < -0.4 is 4.90 Å². The molecule has 0 fully saturated rings. The van der Waals surface area contributed by atoms with Gasteiger partial charge < -0.3 is 14.9 Å². The highest BCUT2D eigenvalue weighted by molar-refractivity contribution is 7.10. The molecule has 1 aliphatic rings. The number of nitrogens with zero attached hydrogens (tertiary/aromatic N) is 2. The van der Waals surface area contributed by atoms with Crippen molar-refractivity contribution in [3.63, 3.8) is 0 Å². The third kappa shape index (κ3) is 3.43. The first-order valence-corrected chi connectivity index (χ1v) is 10.3. The van der Waals surface area contributed by atoms with Gasteiger partial charge in [-0.15, -0.1) is 11.3 Å². The van der Waals surface area contributed by atoms with Crippen LogP contribution in [0.4, 0.5) is 5.69 Å². The molecule has 1 amide bonds. The number of hydrogen-bond donors (Lipinski definition) is 1. The van der Waals surface area contributed by atoms with Crippen molar-refractivity contribution in [2.24, 2.45) is 0 Å². The molecular formula is C23H24N2O2S. The SMILES string of the molecule is CN(C)c1ccc(C2c3sccc3CCN2C(=O)c2ccc(CO)cc2)cc1. The normalized spacial score (nSPS) is 16.0. The van der Waals surface area contributed by atoms with Crippen molar-refractivity contribution < 1.29 is 9.90 Å². The minimum atomic E-state index is -0.0648.